The van der Waals surface area contributed by atoms with E-state index in [0.717, 1.165) is 4.47 Å². The van der Waals surface area contributed by atoms with Crippen LogP contribution in [0.4, 0.5) is 5.69 Å². The number of amides is 3. The molecule has 0 aliphatic rings. The van der Waals surface area contributed by atoms with Crippen LogP contribution in [-0.4, -0.2) is 30.3 Å². The third-order valence-corrected chi connectivity index (χ3v) is 5.39. The number of hydrogen-bond acceptors (Lipinski definition) is 6. The summed E-state index contributed by atoms with van der Waals surface area (Å²) in [5, 5.41) is 3.13. The van der Waals surface area contributed by atoms with Crippen LogP contribution in [0, 0.1) is 0 Å². The molecule has 11 heteroatoms. The van der Waals surface area contributed by atoms with Crippen LogP contribution in [0.15, 0.2) is 77.3 Å². The number of para-hydroxylation sites is 1. The minimum absolute atomic E-state index is 0.140. The maximum Gasteiger partial charge on any atom is 0.306 e. The minimum atomic E-state index is -0.733. The smallest absolute Gasteiger partial charge is 0.306 e. The molecule has 36 heavy (non-hydrogen) atoms. The van der Waals surface area contributed by atoms with Gasteiger partial charge in [-0.15, -0.1) is 0 Å². The molecule has 0 saturated heterocycles. The highest BCUT2D eigenvalue weighted by Gasteiger charge is 2.12. The zero-order valence-electron chi connectivity index (χ0n) is 18.8. The Morgan fingerprint density at radius 1 is 0.806 bits per heavy atom. The zero-order chi connectivity index (χ0) is 25.9. The van der Waals surface area contributed by atoms with Crippen LogP contribution >= 0.6 is 27.5 Å². The molecule has 0 aliphatic heterocycles. The molecule has 3 rings (SSSR count). The van der Waals surface area contributed by atoms with Crippen LogP contribution < -0.4 is 20.9 Å². The van der Waals surface area contributed by atoms with Crippen molar-refractivity contribution in [2.24, 2.45) is 0 Å². The third-order valence-electron chi connectivity index (χ3n) is 4.54. The first-order chi connectivity index (χ1) is 17.3. The Labute approximate surface area is 220 Å². The lowest BCUT2D eigenvalue weighted by Gasteiger charge is -2.09. The quantitative estimate of drug-likeness (QED) is 0.253. The molecule has 3 aromatic carbocycles. The van der Waals surface area contributed by atoms with Crippen molar-refractivity contribution >= 4 is 56.9 Å². The van der Waals surface area contributed by atoms with Crippen molar-refractivity contribution in [2.45, 2.75) is 12.8 Å². The second kappa shape index (κ2) is 13.3. The number of carbonyl (C=O) groups excluding carboxylic acids is 4. The van der Waals surface area contributed by atoms with Crippen LogP contribution in [0.3, 0.4) is 0 Å². The third kappa shape index (κ3) is 8.71. The van der Waals surface area contributed by atoms with Gasteiger partial charge in [-0.2, -0.15) is 0 Å². The Morgan fingerprint density at radius 3 is 2.19 bits per heavy atom. The summed E-state index contributed by atoms with van der Waals surface area (Å²) in [7, 11) is 0. The van der Waals surface area contributed by atoms with Gasteiger partial charge in [0.2, 0.25) is 5.91 Å². The maximum absolute atomic E-state index is 12.1. The van der Waals surface area contributed by atoms with Crippen molar-refractivity contribution in [3.63, 3.8) is 0 Å². The first-order valence-corrected chi connectivity index (χ1v) is 11.8. The van der Waals surface area contributed by atoms with E-state index in [1.54, 1.807) is 72.8 Å². The molecule has 0 heterocycles. The minimum Gasteiger partial charge on any atom is -0.456 e. The van der Waals surface area contributed by atoms with Crippen molar-refractivity contribution in [1.29, 1.82) is 0 Å². The molecule has 0 saturated carbocycles. The fourth-order valence-electron chi connectivity index (χ4n) is 2.75. The average molecular weight is 575 g/mol. The van der Waals surface area contributed by atoms with Crippen molar-refractivity contribution in [3.8, 4) is 11.5 Å². The topological polar surface area (TPSA) is 123 Å². The lowest BCUT2D eigenvalue weighted by Crippen LogP contribution is -2.43. The highest BCUT2D eigenvalue weighted by molar-refractivity contribution is 9.10. The number of hydrogen-bond donors (Lipinski definition) is 3. The first-order valence-electron chi connectivity index (χ1n) is 10.6. The number of esters is 1. The lowest BCUT2D eigenvalue weighted by atomic mass is 10.2. The fraction of sp³-hybridized carbons (Fsp3) is 0.120. The number of anilines is 1. The number of benzene rings is 3. The summed E-state index contributed by atoms with van der Waals surface area (Å²) in [6.07, 6.45) is -0.364. The van der Waals surface area contributed by atoms with E-state index in [1.165, 1.54) is 0 Å². The Hall–Kier alpha value is -3.89. The SMILES string of the molecule is O=C(COC(=O)CCC(=O)Nc1ccc(Oc2ccccc2Cl)cc1)NNC(=O)c1ccc(Br)cc1. The van der Waals surface area contributed by atoms with E-state index >= 15 is 0 Å². The van der Waals surface area contributed by atoms with Gasteiger partial charge in [-0.05, 0) is 60.7 Å². The monoisotopic (exact) mass is 573 g/mol. The molecule has 186 valence electrons. The van der Waals surface area contributed by atoms with E-state index < -0.39 is 30.3 Å². The van der Waals surface area contributed by atoms with E-state index in [1.807, 2.05) is 0 Å². The molecular formula is C25H21BrClN3O6. The lowest BCUT2D eigenvalue weighted by molar-refractivity contribution is -0.149. The van der Waals surface area contributed by atoms with Crippen molar-refractivity contribution in [2.75, 3.05) is 11.9 Å². The van der Waals surface area contributed by atoms with Gasteiger partial charge >= 0.3 is 5.97 Å². The molecule has 9 nitrogen and oxygen atoms in total. The van der Waals surface area contributed by atoms with E-state index in [9.17, 15) is 19.2 Å². The number of nitrogens with one attached hydrogen (secondary N) is 3. The molecule has 0 fully saturated rings. The molecule has 3 N–H and O–H groups in total. The summed E-state index contributed by atoms with van der Waals surface area (Å²) in [4.78, 5) is 47.7. The molecular weight excluding hydrogens is 554 g/mol. The van der Waals surface area contributed by atoms with Gasteiger partial charge in [0.05, 0.1) is 11.4 Å². The largest absolute Gasteiger partial charge is 0.456 e. The Bertz CT molecular complexity index is 1240. The van der Waals surface area contributed by atoms with E-state index in [4.69, 9.17) is 21.1 Å². The summed E-state index contributed by atoms with van der Waals surface area (Å²) < 4.78 is 11.3. The Kier molecular flexibility index (Phi) is 9.84. The predicted molar refractivity (Wildman–Crippen MR) is 137 cm³/mol. The van der Waals surface area contributed by atoms with Crippen molar-refractivity contribution < 1.29 is 28.7 Å². The molecule has 3 aromatic rings. The zero-order valence-corrected chi connectivity index (χ0v) is 21.1. The van der Waals surface area contributed by atoms with E-state index in [2.05, 4.69) is 32.1 Å². The molecule has 0 aromatic heterocycles. The number of ether oxygens (including phenoxy) is 2. The predicted octanol–water partition coefficient (Wildman–Crippen LogP) is 4.62. The molecule has 0 bridgehead atoms. The summed E-state index contributed by atoms with van der Waals surface area (Å²) in [6.45, 7) is -0.603. The number of halogens is 2. The van der Waals surface area contributed by atoms with Gasteiger partial charge in [0.25, 0.3) is 11.8 Å². The number of carbonyl (C=O) groups is 4. The van der Waals surface area contributed by atoms with Crippen LogP contribution in [0.25, 0.3) is 0 Å². The van der Waals surface area contributed by atoms with E-state index in [-0.39, 0.29) is 12.8 Å². The highest BCUT2D eigenvalue weighted by Crippen LogP contribution is 2.29. The first kappa shape index (κ1) is 26.7. The molecule has 0 unspecified atom stereocenters. The molecule has 0 atom stereocenters. The normalized spacial score (nSPS) is 10.2. The Morgan fingerprint density at radius 2 is 1.50 bits per heavy atom. The van der Waals surface area contributed by atoms with Gasteiger partial charge in [-0.1, -0.05) is 39.7 Å². The van der Waals surface area contributed by atoms with Crippen molar-refractivity contribution in [1.82, 2.24) is 10.9 Å². The van der Waals surface area contributed by atoms with Gasteiger partial charge in [0.1, 0.15) is 11.5 Å². The van der Waals surface area contributed by atoms with Gasteiger partial charge in [-0.25, -0.2) is 0 Å². The van der Waals surface area contributed by atoms with E-state index in [0.29, 0.717) is 27.8 Å². The van der Waals surface area contributed by atoms with Crippen LogP contribution in [0.2, 0.25) is 5.02 Å². The van der Waals surface area contributed by atoms with Gasteiger partial charge in [0, 0.05) is 22.1 Å². The second-order valence-electron chi connectivity index (χ2n) is 7.27. The summed E-state index contributed by atoms with van der Waals surface area (Å²) in [5.74, 6) is -1.34. The molecule has 3 amide bonds. The molecule has 0 radical (unpaired) electrons. The van der Waals surface area contributed by atoms with Crippen molar-refractivity contribution in [3.05, 3.63) is 87.9 Å². The van der Waals surface area contributed by atoms with Gasteiger partial charge in [0.15, 0.2) is 6.61 Å². The summed E-state index contributed by atoms with van der Waals surface area (Å²) >= 11 is 9.33. The Balaban J connectivity index is 1.33. The maximum atomic E-state index is 12.1. The number of hydrazine groups is 1. The average Bonchev–Trinajstić information content (AvgIpc) is 2.87. The van der Waals surface area contributed by atoms with Gasteiger partial charge in [-0.3, -0.25) is 30.0 Å². The standard InChI is InChI=1S/C25H21BrClN3O6/c26-17-7-5-16(6-8-17)25(34)30-29-23(32)15-35-24(33)14-13-22(31)28-18-9-11-19(12-10-18)36-21-4-2-1-3-20(21)27/h1-12H,13-15H2,(H,28,31)(H,29,32)(H,30,34). The van der Waals surface area contributed by atoms with Crippen LogP contribution in [0.1, 0.15) is 23.2 Å². The molecule has 0 aliphatic carbocycles. The molecule has 0 spiro atoms. The fourth-order valence-corrected chi connectivity index (χ4v) is 3.19. The van der Waals surface area contributed by atoms with Gasteiger partial charge < -0.3 is 14.8 Å². The van der Waals surface area contributed by atoms with Crippen LogP contribution in [0.5, 0.6) is 11.5 Å². The highest BCUT2D eigenvalue weighted by atomic mass is 79.9. The summed E-state index contributed by atoms with van der Waals surface area (Å²) in [5.41, 5.74) is 5.21. The summed E-state index contributed by atoms with van der Waals surface area (Å²) in [6, 6.07) is 20.2. The van der Waals surface area contributed by atoms with Crippen LogP contribution in [-0.2, 0) is 19.1 Å². The number of rotatable bonds is 9. The second-order valence-corrected chi connectivity index (χ2v) is 8.60.